The van der Waals surface area contributed by atoms with Crippen molar-refractivity contribution in [1.82, 2.24) is 0 Å². The summed E-state index contributed by atoms with van der Waals surface area (Å²) < 4.78 is 0. The molecule has 4 aromatic rings. The van der Waals surface area contributed by atoms with Crippen molar-refractivity contribution in [2.45, 2.75) is 40.8 Å². The monoisotopic (exact) mass is 435 g/mol. The second-order valence-corrected chi connectivity index (χ2v) is 7.95. The van der Waals surface area contributed by atoms with Crippen LogP contribution >= 0.6 is 0 Å². The predicted octanol–water partition coefficient (Wildman–Crippen LogP) is 6.87. The van der Waals surface area contributed by atoms with Crippen LogP contribution in [0.3, 0.4) is 0 Å². The fourth-order valence-corrected chi connectivity index (χ4v) is 3.08. The van der Waals surface area contributed by atoms with E-state index in [-0.39, 0.29) is 26.2 Å². The number of aryl methyl sites for hydroxylation is 4. The molecule has 0 amide bonds. The van der Waals surface area contributed by atoms with Crippen LogP contribution in [0.2, 0.25) is 13.1 Å². The third-order valence-corrected chi connectivity index (χ3v) is 4.23. The van der Waals surface area contributed by atoms with Crippen molar-refractivity contribution in [3.8, 4) is 0 Å². The first-order valence-corrected chi connectivity index (χ1v) is 11.3. The number of hydrogen-bond donors (Lipinski definition) is 0. The van der Waals surface area contributed by atoms with Gasteiger partial charge in [-0.25, -0.2) is 0 Å². The number of rotatable bonds is 0. The Hall–Kier alpha value is -1.24. The molecule has 0 aliphatic heterocycles. The Morgan fingerprint density at radius 1 is 0.654 bits per heavy atom. The van der Waals surface area contributed by atoms with Gasteiger partial charge in [-0.2, -0.15) is 12.1 Å². The third-order valence-electron chi connectivity index (χ3n) is 4.23. The molecule has 132 valence electrons. The third kappa shape index (κ3) is 5.89. The van der Waals surface area contributed by atoms with Crippen LogP contribution in [0.5, 0.6) is 0 Å². The molecule has 0 N–H and O–H groups in total. The van der Waals surface area contributed by atoms with Gasteiger partial charge < -0.3 is 0 Å². The maximum atomic E-state index is 2.24. The largest absolute Gasteiger partial charge is 3.00 e. The summed E-state index contributed by atoms with van der Waals surface area (Å²) in [5.41, 5.74) is 5.45. The summed E-state index contributed by atoms with van der Waals surface area (Å²) in [5, 5.41) is 5.51. The van der Waals surface area contributed by atoms with E-state index in [0.717, 1.165) is 9.52 Å². The fourth-order valence-electron chi connectivity index (χ4n) is 3.08. The molecule has 0 heterocycles. The van der Waals surface area contributed by atoms with Crippen LogP contribution in [-0.2, 0) is 26.2 Å². The standard InChI is InChI=1S/2C11H11.C2H7Si.Zr/c2*1-8-6-10-5-3-4-9(2)11(10)7-8;1-3-2;/h2*3-7H,1-2H3;3H,1-2H3;/q2*-1;;+3. The smallest absolute Gasteiger partial charge is 0.165 e. The molecule has 0 aliphatic rings. The van der Waals surface area contributed by atoms with E-state index in [1.54, 1.807) is 0 Å². The zero-order valence-electron chi connectivity index (χ0n) is 16.9. The van der Waals surface area contributed by atoms with Crippen LogP contribution < -0.4 is 0 Å². The minimum atomic E-state index is 0. The molecule has 0 atom stereocenters. The van der Waals surface area contributed by atoms with Crippen LogP contribution in [0.4, 0.5) is 0 Å². The normalized spacial score (nSPS) is 9.77. The molecule has 0 bridgehead atoms. The van der Waals surface area contributed by atoms with Crippen molar-refractivity contribution in [1.29, 1.82) is 0 Å². The van der Waals surface area contributed by atoms with Crippen LogP contribution in [0.25, 0.3) is 21.5 Å². The summed E-state index contributed by atoms with van der Waals surface area (Å²) in [6, 6.07) is 21.8. The summed E-state index contributed by atoms with van der Waals surface area (Å²) in [6.45, 7) is 13.0. The zero-order valence-corrected chi connectivity index (χ0v) is 20.5. The van der Waals surface area contributed by atoms with Crippen LogP contribution in [0.1, 0.15) is 22.3 Å². The van der Waals surface area contributed by atoms with E-state index < -0.39 is 0 Å². The second kappa shape index (κ2) is 10.8. The van der Waals surface area contributed by atoms with Gasteiger partial charge in [0.1, 0.15) is 0 Å². The van der Waals surface area contributed by atoms with Gasteiger partial charge in [0.15, 0.2) is 0 Å². The van der Waals surface area contributed by atoms with Gasteiger partial charge >= 0.3 is 26.2 Å². The molecule has 0 aliphatic carbocycles. The van der Waals surface area contributed by atoms with E-state index in [4.69, 9.17) is 0 Å². The van der Waals surface area contributed by atoms with Gasteiger partial charge in [-0.3, -0.25) is 0 Å². The average Bonchev–Trinajstić information content (AvgIpc) is 3.12. The van der Waals surface area contributed by atoms with Crippen LogP contribution in [0, 0.1) is 27.7 Å². The van der Waals surface area contributed by atoms with Gasteiger partial charge in [0.25, 0.3) is 0 Å². The molecular formula is C24H29SiZr+. The first-order valence-electron chi connectivity index (χ1n) is 8.95. The maximum absolute atomic E-state index is 2.24. The summed E-state index contributed by atoms with van der Waals surface area (Å²) in [5.74, 6) is 0. The van der Waals surface area contributed by atoms with Gasteiger partial charge in [0, 0.05) is 9.52 Å². The van der Waals surface area contributed by atoms with Crippen molar-refractivity contribution in [3.63, 3.8) is 0 Å². The average molecular weight is 437 g/mol. The Kier molecular flexibility index (Phi) is 9.47. The predicted molar refractivity (Wildman–Crippen MR) is 117 cm³/mol. The molecule has 2 heteroatoms. The number of fused-ring (bicyclic) bond motifs is 2. The van der Waals surface area contributed by atoms with Crippen LogP contribution in [-0.4, -0.2) is 9.52 Å². The summed E-state index contributed by atoms with van der Waals surface area (Å²) in [6.07, 6.45) is 0. The quantitative estimate of drug-likeness (QED) is 0.208. The summed E-state index contributed by atoms with van der Waals surface area (Å²) in [7, 11) is 0.750. The minimum absolute atomic E-state index is 0. The van der Waals surface area contributed by atoms with Crippen molar-refractivity contribution in [2.24, 2.45) is 0 Å². The van der Waals surface area contributed by atoms with E-state index in [1.807, 2.05) is 0 Å². The van der Waals surface area contributed by atoms with Crippen molar-refractivity contribution >= 4 is 31.1 Å². The summed E-state index contributed by atoms with van der Waals surface area (Å²) in [4.78, 5) is 0. The Balaban J connectivity index is 0.000000219. The Morgan fingerprint density at radius 3 is 1.31 bits per heavy atom. The first-order chi connectivity index (χ1) is 12.0. The molecule has 0 nitrogen and oxygen atoms in total. The Bertz CT molecular complexity index is 865. The second-order valence-electron chi connectivity index (χ2n) is 6.80. The van der Waals surface area contributed by atoms with Gasteiger partial charge in [-0.1, -0.05) is 50.2 Å². The molecule has 0 saturated heterocycles. The van der Waals surface area contributed by atoms with E-state index in [0.29, 0.717) is 0 Å². The van der Waals surface area contributed by atoms with Crippen LogP contribution in [0.15, 0.2) is 60.7 Å². The van der Waals surface area contributed by atoms with E-state index >= 15 is 0 Å². The number of benzene rings is 2. The zero-order chi connectivity index (χ0) is 18.4. The van der Waals surface area contributed by atoms with Gasteiger partial charge in [-0.15, -0.1) is 69.1 Å². The van der Waals surface area contributed by atoms with Gasteiger partial charge in [0.2, 0.25) is 0 Å². The molecule has 0 saturated carbocycles. The molecular weight excluding hydrogens is 408 g/mol. The fraction of sp³-hybridized carbons (Fsp3) is 0.250. The molecule has 4 aromatic carbocycles. The van der Waals surface area contributed by atoms with E-state index in [1.165, 1.54) is 43.8 Å². The maximum Gasteiger partial charge on any atom is 3.00 e. The van der Waals surface area contributed by atoms with Gasteiger partial charge in [0.05, 0.1) is 0 Å². The molecule has 0 spiro atoms. The Morgan fingerprint density at radius 2 is 1.00 bits per heavy atom. The Labute approximate surface area is 180 Å². The molecule has 0 unspecified atom stereocenters. The van der Waals surface area contributed by atoms with Crippen molar-refractivity contribution in [3.05, 3.63) is 82.9 Å². The topological polar surface area (TPSA) is 0 Å². The molecule has 2 radical (unpaired) electrons. The summed E-state index contributed by atoms with van der Waals surface area (Å²) >= 11 is 0. The molecule has 4 rings (SSSR count). The van der Waals surface area contributed by atoms with E-state index in [2.05, 4.69) is 101 Å². The molecule has 0 fully saturated rings. The molecule has 26 heavy (non-hydrogen) atoms. The minimum Gasteiger partial charge on any atom is -0.165 e. The van der Waals surface area contributed by atoms with Crippen molar-refractivity contribution < 1.29 is 26.2 Å². The number of hydrogen-bond acceptors (Lipinski definition) is 0. The van der Waals surface area contributed by atoms with Gasteiger partial charge in [-0.05, 0) is 13.8 Å². The van der Waals surface area contributed by atoms with Crippen molar-refractivity contribution in [2.75, 3.05) is 0 Å². The molecule has 0 aromatic heterocycles. The SMILES string of the molecule is C[SiH]C.Cc1cc2c(C)cccc2[cH-]1.Cc1cc2c(C)cccc2[cH-]1.[Zr+3]. The van der Waals surface area contributed by atoms with E-state index in [9.17, 15) is 0 Å². The first kappa shape index (κ1) is 22.8.